The fourth-order valence-corrected chi connectivity index (χ4v) is 4.24. The van der Waals surface area contributed by atoms with E-state index in [1.165, 1.54) is 18.2 Å². The molecule has 0 saturated heterocycles. The maximum absolute atomic E-state index is 12.4. The molecule has 0 radical (unpaired) electrons. The van der Waals surface area contributed by atoms with Gasteiger partial charge in [0.2, 0.25) is 0 Å². The molecule has 0 saturated carbocycles. The lowest BCUT2D eigenvalue weighted by Gasteiger charge is -2.10. The quantitative estimate of drug-likeness (QED) is 0.681. The number of benzene rings is 1. The zero-order chi connectivity index (χ0) is 18.9. The van der Waals surface area contributed by atoms with Gasteiger partial charge in [0.05, 0.1) is 5.69 Å². The van der Waals surface area contributed by atoms with E-state index in [-0.39, 0.29) is 9.90 Å². The van der Waals surface area contributed by atoms with Crippen molar-refractivity contribution in [3.8, 4) is 17.1 Å². The van der Waals surface area contributed by atoms with Crippen molar-refractivity contribution in [3.05, 3.63) is 47.5 Å². The summed E-state index contributed by atoms with van der Waals surface area (Å²) in [7, 11) is -3.90. The molecule has 1 aromatic carbocycles. The van der Waals surface area contributed by atoms with Crippen LogP contribution in [-0.4, -0.2) is 19.9 Å². The molecule has 1 N–H and O–H groups in total. The van der Waals surface area contributed by atoms with Crippen LogP contribution in [-0.2, 0) is 10.0 Å². The third-order valence-corrected chi connectivity index (χ3v) is 5.91. The van der Waals surface area contributed by atoms with Gasteiger partial charge in [-0.05, 0) is 37.3 Å². The number of ether oxygens (including phenoxy) is 1. The van der Waals surface area contributed by atoms with E-state index in [0.29, 0.717) is 17.0 Å². The number of rotatable bonds is 5. The fraction of sp³-hybridized carbons (Fsp3) is 0.133. The molecule has 0 aliphatic heterocycles. The van der Waals surface area contributed by atoms with E-state index in [2.05, 4.69) is 14.6 Å². The molecule has 0 unspecified atom stereocenters. The molecule has 0 atom stereocenters. The number of aromatic nitrogens is 1. The fourth-order valence-electron chi connectivity index (χ4n) is 2.02. The lowest BCUT2D eigenvalue weighted by atomic mass is 10.2. The molecule has 3 aromatic rings. The summed E-state index contributed by atoms with van der Waals surface area (Å²) < 4.78 is 72.4. The highest BCUT2D eigenvalue weighted by atomic mass is 32.2. The van der Waals surface area contributed by atoms with E-state index in [1.807, 2.05) is 0 Å². The maximum atomic E-state index is 12.4. The van der Waals surface area contributed by atoms with Crippen LogP contribution in [0.2, 0.25) is 0 Å². The van der Waals surface area contributed by atoms with E-state index in [4.69, 9.17) is 4.52 Å². The van der Waals surface area contributed by atoms with E-state index in [0.717, 1.165) is 23.5 Å². The van der Waals surface area contributed by atoms with Crippen molar-refractivity contribution in [1.82, 2.24) is 5.16 Å². The van der Waals surface area contributed by atoms with Gasteiger partial charge >= 0.3 is 6.36 Å². The summed E-state index contributed by atoms with van der Waals surface area (Å²) in [6, 6.07) is 7.48. The van der Waals surface area contributed by atoms with Gasteiger partial charge in [0, 0.05) is 22.7 Å². The zero-order valence-corrected chi connectivity index (χ0v) is 14.7. The normalized spacial score (nSPS) is 12.2. The molecule has 11 heteroatoms. The van der Waals surface area contributed by atoms with Crippen LogP contribution in [0.4, 0.5) is 18.9 Å². The van der Waals surface area contributed by atoms with Gasteiger partial charge in [0.1, 0.15) is 9.96 Å². The Morgan fingerprint density at radius 3 is 2.46 bits per heavy atom. The van der Waals surface area contributed by atoms with Gasteiger partial charge in [-0.15, -0.1) is 24.5 Å². The van der Waals surface area contributed by atoms with Crippen LogP contribution in [0, 0.1) is 6.92 Å². The zero-order valence-electron chi connectivity index (χ0n) is 13.1. The summed E-state index contributed by atoms with van der Waals surface area (Å²) in [5.41, 5.74) is 1.32. The minimum Gasteiger partial charge on any atom is -0.406 e. The summed E-state index contributed by atoms with van der Waals surface area (Å²) in [6.07, 6.45) is -4.81. The Morgan fingerprint density at radius 2 is 1.88 bits per heavy atom. The monoisotopic (exact) mass is 404 g/mol. The second kappa shape index (κ2) is 6.65. The van der Waals surface area contributed by atoms with Crippen LogP contribution < -0.4 is 9.46 Å². The van der Waals surface area contributed by atoms with Crippen LogP contribution in [0.3, 0.4) is 0 Å². The topological polar surface area (TPSA) is 81.4 Å². The molecule has 2 aromatic heterocycles. The molecule has 0 aliphatic carbocycles. The molecule has 0 amide bonds. The Morgan fingerprint density at radius 1 is 1.19 bits per heavy atom. The molecule has 2 heterocycles. The molecule has 0 bridgehead atoms. The Balaban J connectivity index is 1.76. The Bertz CT molecular complexity index is 1010. The summed E-state index contributed by atoms with van der Waals surface area (Å²) in [6.45, 7) is 1.74. The van der Waals surface area contributed by atoms with Crippen LogP contribution in [0.15, 0.2) is 50.5 Å². The minimum atomic E-state index is -4.81. The lowest BCUT2D eigenvalue weighted by Crippen LogP contribution is -2.17. The van der Waals surface area contributed by atoms with Crippen molar-refractivity contribution in [2.24, 2.45) is 0 Å². The number of halogens is 3. The highest BCUT2D eigenvalue weighted by Crippen LogP contribution is 2.30. The Hall–Kier alpha value is -2.53. The number of sulfonamides is 1. The molecular formula is C15H11F3N2O4S2. The van der Waals surface area contributed by atoms with Crippen LogP contribution in [0.1, 0.15) is 5.69 Å². The lowest BCUT2D eigenvalue weighted by molar-refractivity contribution is -0.274. The van der Waals surface area contributed by atoms with Crippen molar-refractivity contribution in [3.63, 3.8) is 0 Å². The number of aryl methyl sites for hydroxylation is 1. The average molecular weight is 404 g/mol. The van der Waals surface area contributed by atoms with Gasteiger partial charge in [-0.1, -0.05) is 5.16 Å². The van der Waals surface area contributed by atoms with Crippen LogP contribution in [0.25, 0.3) is 11.3 Å². The second-order valence-corrected chi connectivity index (χ2v) is 7.99. The molecule has 6 nitrogen and oxygen atoms in total. The van der Waals surface area contributed by atoms with E-state index in [1.54, 1.807) is 18.4 Å². The SMILES string of the molecule is Cc1cc(-c2csc(S(=O)(=O)Nc3ccc(OC(F)(F)F)cc3)c2)on1. The van der Waals surface area contributed by atoms with Crippen molar-refractivity contribution < 1.29 is 30.8 Å². The van der Waals surface area contributed by atoms with Crippen molar-refractivity contribution in [2.45, 2.75) is 17.5 Å². The number of hydrogen-bond acceptors (Lipinski definition) is 6. The number of nitrogens with one attached hydrogen (secondary N) is 1. The first-order chi connectivity index (χ1) is 12.1. The molecule has 26 heavy (non-hydrogen) atoms. The van der Waals surface area contributed by atoms with Gasteiger partial charge < -0.3 is 9.26 Å². The third-order valence-electron chi connectivity index (χ3n) is 3.09. The number of alkyl halides is 3. The van der Waals surface area contributed by atoms with Gasteiger partial charge in [0.15, 0.2) is 5.76 Å². The molecule has 0 spiro atoms. The van der Waals surface area contributed by atoms with Crippen molar-refractivity contribution in [1.29, 1.82) is 0 Å². The van der Waals surface area contributed by atoms with Crippen LogP contribution in [0.5, 0.6) is 5.75 Å². The molecule has 0 fully saturated rings. The summed E-state index contributed by atoms with van der Waals surface area (Å²) in [4.78, 5) is 0. The Labute approximate surface area is 150 Å². The van der Waals surface area contributed by atoms with Gasteiger partial charge in [-0.2, -0.15) is 0 Å². The van der Waals surface area contributed by atoms with E-state index < -0.39 is 22.1 Å². The highest BCUT2D eigenvalue weighted by molar-refractivity contribution is 7.94. The molecule has 138 valence electrons. The first-order valence-electron chi connectivity index (χ1n) is 7.03. The maximum Gasteiger partial charge on any atom is 0.573 e. The van der Waals surface area contributed by atoms with Gasteiger partial charge in [-0.25, -0.2) is 8.42 Å². The molecular weight excluding hydrogens is 393 g/mol. The molecule has 3 rings (SSSR count). The summed E-state index contributed by atoms with van der Waals surface area (Å²) >= 11 is 0.979. The van der Waals surface area contributed by atoms with Crippen LogP contribution >= 0.6 is 11.3 Å². The standard InChI is InChI=1S/C15H11F3N2O4S2/c1-9-6-13(24-19-9)10-7-14(25-8-10)26(21,22)20-11-2-4-12(5-3-11)23-15(16,17)18/h2-8,20H,1H3. The largest absolute Gasteiger partial charge is 0.573 e. The van der Waals surface area contributed by atoms with Crippen molar-refractivity contribution in [2.75, 3.05) is 4.72 Å². The summed E-state index contributed by atoms with van der Waals surface area (Å²) in [5.74, 6) is -0.00611. The summed E-state index contributed by atoms with van der Waals surface area (Å²) in [5, 5.41) is 5.34. The molecule has 0 aliphatic rings. The Kier molecular flexibility index (Phi) is 4.67. The van der Waals surface area contributed by atoms with Gasteiger partial charge in [-0.3, -0.25) is 4.72 Å². The highest BCUT2D eigenvalue weighted by Gasteiger charge is 2.31. The first kappa shape index (κ1) is 18.3. The van der Waals surface area contributed by atoms with Crippen molar-refractivity contribution >= 4 is 27.0 Å². The predicted octanol–water partition coefficient (Wildman–Crippen LogP) is 4.41. The minimum absolute atomic E-state index is 0.0252. The number of thiophene rings is 1. The van der Waals surface area contributed by atoms with Gasteiger partial charge in [0.25, 0.3) is 10.0 Å². The third kappa shape index (κ3) is 4.35. The number of hydrogen-bond donors (Lipinski definition) is 1. The number of nitrogens with zero attached hydrogens (tertiary/aromatic N) is 1. The van der Waals surface area contributed by atoms with E-state index >= 15 is 0 Å². The predicted molar refractivity (Wildman–Crippen MR) is 88.5 cm³/mol. The number of anilines is 1. The average Bonchev–Trinajstić information content (AvgIpc) is 3.16. The smallest absolute Gasteiger partial charge is 0.406 e. The first-order valence-corrected chi connectivity index (χ1v) is 9.39. The van der Waals surface area contributed by atoms with E-state index in [9.17, 15) is 21.6 Å². The second-order valence-electron chi connectivity index (χ2n) is 5.16.